The Balaban J connectivity index is 1.69. The lowest BCUT2D eigenvalue weighted by molar-refractivity contribution is -0.137. The van der Waals surface area contributed by atoms with E-state index in [1.165, 1.54) is 11.3 Å². The molecule has 0 unspecified atom stereocenters. The van der Waals surface area contributed by atoms with Crippen LogP contribution in [0.2, 0.25) is 0 Å². The number of nitrogens with one attached hydrogen (secondary N) is 1. The van der Waals surface area contributed by atoms with E-state index >= 15 is 0 Å². The summed E-state index contributed by atoms with van der Waals surface area (Å²) in [6, 6.07) is 4.04. The molecule has 1 aromatic heterocycles. The van der Waals surface area contributed by atoms with Crippen LogP contribution < -0.4 is 5.32 Å². The van der Waals surface area contributed by atoms with Gasteiger partial charge in [-0.2, -0.15) is 13.2 Å². The molecule has 1 aliphatic rings. The van der Waals surface area contributed by atoms with Crippen LogP contribution in [0.4, 0.5) is 18.3 Å². The average molecular weight is 313 g/mol. The van der Waals surface area contributed by atoms with Crippen molar-refractivity contribution in [3.63, 3.8) is 0 Å². The third-order valence-corrected chi connectivity index (χ3v) is 4.06. The molecule has 0 spiro atoms. The smallest absolute Gasteiger partial charge is 0.296 e. The van der Waals surface area contributed by atoms with E-state index in [1.807, 2.05) is 0 Å². The number of anilines is 1. The lowest BCUT2D eigenvalue weighted by Gasteiger charge is -2.07. The van der Waals surface area contributed by atoms with Gasteiger partial charge in [0.2, 0.25) is 5.13 Å². The van der Waals surface area contributed by atoms with Gasteiger partial charge in [-0.3, -0.25) is 10.1 Å². The fraction of sp³-hybridized carbons (Fsp3) is 0.308. The molecule has 1 aliphatic carbocycles. The first-order valence-corrected chi connectivity index (χ1v) is 7.07. The highest BCUT2D eigenvalue weighted by atomic mass is 32.1. The van der Waals surface area contributed by atoms with Crippen LogP contribution in [0.15, 0.2) is 24.3 Å². The molecule has 4 nitrogen and oxygen atoms in total. The molecule has 1 aromatic carbocycles. The molecule has 0 saturated heterocycles. The van der Waals surface area contributed by atoms with Crippen LogP contribution >= 0.6 is 11.3 Å². The Morgan fingerprint density at radius 1 is 1.19 bits per heavy atom. The van der Waals surface area contributed by atoms with Crippen molar-refractivity contribution >= 4 is 22.4 Å². The molecule has 1 fully saturated rings. The molecular weight excluding hydrogens is 303 g/mol. The summed E-state index contributed by atoms with van der Waals surface area (Å²) in [6.45, 7) is 0. The molecule has 21 heavy (non-hydrogen) atoms. The summed E-state index contributed by atoms with van der Waals surface area (Å²) in [6.07, 6.45) is -2.24. The highest BCUT2D eigenvalue weighted by Crippen LogP contribution is 2.42. The second-order valence-corrected chi connectivity index (χ2v) is 5.76. The molecule has 110 valence electrons. The van der Waals surface area contributed by atoms with Gasteiger partial charge in [0.25, 0.3) is 5.91 Å². The predicted molar refractivity (Wildman–Crippen MR) is 71.3 cm³/mol. The lowest BCUT2D eigenvalue weighted by Crippen LogP contribution is -2.12. The summed E-state index contributed by atoms with van der Waals surface area (Å²) >= 11 is 1.30. The minimum absolute atomic E-state index is 0.145. The topological polar surface area (TPSA) is 54.9 Å². The van der Waals surface area contributed by atoms with Gasteiger partial charge in [0.05, 0.1) is 5.56 Å². The summed E-state index contributed by atoms with van der Waals surface area (Å²) in [5.41, 5.74) is -0.642. The number of halogens is 3. The summed E-state index contributed by atoms with van der Waals surface area (Å²) in [7, 11) is 0. The minimum atomic E-state index is -4.41. The van der Waals surface area contributed by atoms with E-state index in [2.05, 4.69) is 15.5 Å². The molecule has 0 bridgehead atoms. The summed E-state index contributed by atoms with van der Waals surface area (Å²) in [5, 5.41) is 11.6. The Labute approximate surface area is 122 Å². The largest absolute Gasteiger partial charge is 0.416 e. The number of carbonyl (C=O) groups excluding carboxylic acids is 1. The lowest BCUT2D eigenvalue weighted by atomic mass is 10.1. The first kappa shape index (κ1) is 14.0. The molecule has 2 aromatic rings. The molecule has 1 heterocycles. The zero-order valence-corrected chi connectivity index (χ0v) is 11.5. The second kappa shape index (κ2) is 5.10. The molecule has 0 aliphatic heterocycles. The number of carbonyl (C=O) groups is 1. The molecule has 1 amide bonds. The third-order valence-electron chi connectivity index (χ3n) is 3.06. The van der Waals surface area contributed by atoms with Gasteiger partial charge in [-0.15, -0.1) is 10.2 Å². The molecule has 8 heteroatoms. The van der Waals surface area contributed by atoms with E-state index in [9.17, 15) is 18.0 Å². The fourth-order valence-corrected chi connectivity index (χ4v) is 2.67. The van der Waals surface area contributed by atoms with Crippen molar-refractivity contribution in [3.05, 3.63) is 40.4 Å². The van der Waals surface area contributed by atoms with Gasteiger partial charge in [0.15, 0.2) is 0 Å². The van der Waals surface area contributed by atoms with E-state index < -0.39 is 17.6 Å². The number of benzene rings is 1. The van der Waals surface area contributed by atoms with E-state index in [4.69, 9.17) is 0 Å². The number of rotatable bonds is 3. The van der Waals surface area contributed by atoms with Crippen LogP contribution in [0.5, 0.6) is 0 Å². The fourth-order valence-electron chi connectivity index (χ4n) is 1.76. The van der Waals surface area contributed by atoms with E-state index in [0.717, 1.165) is 42.1 Å². The Hall–Kier alpha value is -1.96. The zero-order valence-electron chi connectivity index (χ0n) is 10.6. The number of alkyl halides is 3. The maximum Gasteiger partial charge on any atom is 0.416 e. The van der Waals surface area contributed by atoms with Gasteiger partial charge in [-0.1, -0.05) is 11.3 Å². The van der Waals surface area contributed by atoms with Gasteiger partial charge >= 0.3 is 6.18 Å². The van der Waals surface area contributed by atoms with Crippen molar-refractivity contribution in [3.8, 4) is 0 Å². The van der Waals surface area contributed by atoms with Crippen molar-refractivity contribution in [2.75, 3.05) is 5.32 Å². The Morgan fingerprint density at radius 2 is 1.86 bits per heavy atom. The number of nitrogens with zero attached hydrogens (tertiary/aromatic N) is 2. The summed E-state index contributed by atoms with van der Waals surface area (Å²) in [5.74, 6) is -0.0542. The number of amides is 1. The van der Waals surface area contributed by atoms with Crippen molar-refractivity contribution < 1.29 is 18.0 Å². The van der Waals surface area contributed by atoms with Gasteiger partial charge < -0.3 is 0 Å². The van der Waals surface area contributed by atoms with Gasteiger partial charge in [0, 0.05) is 11.5 Å². The monoisotopic (exact) mass is 313 g/mol. The molecule has 0 radical (unpaired) electrons. The maximum absolute atomic E-state index is 12.4. The molecule has 1 saturated carbocycles. The van der Waals surface area contributed by atoms with Crippen LogP contribution in [0, 0.1) is 0 Å². The minimum Gasteiger partial charge on any atom is -0.296 e. The SMILES string of the molecule is O=C(Nc1nnc(C2CC2)s1)c1ccc(C(F)(F)F)cc1. The quantitative estimate of drug-likeness (QED) is 0.940. The summed E-state index contributed by atoms with van der Waals surface area (Å²) in [4.78, 5) is 11.9. The van der Waals surface area contributed by atoms with Crippen molar-refractivity contribution in [1.29, 1.82) is 0 Å². The Kier molecular flexibility index (Phi) is 3.40. The normalized spacial score (nSPS) is 15.0. The van der Waals surface area contributed by atoms with E-state index in [0.29, 0.717) is 11.0 Å². The first-order chi connectivity index (χ1) is 9.93. The Bertz CT molecular complexity index is 662. The molecule has 0 atom stereocenters. The number of hydrogen-bond acceptors (Lipinski definition) is 4. The summed E-state index contributed by atoms with van der Waals surface area (Å²) < 4.78 is 37.3. The van der Waals surface area contributed by atoms with Crippen LogP contribution in [0.3, 0.4) is 0 Å². The van der Waals surface area contributed by atoms with Crippen LogP contribution in [-0.4, -0.2) is 16.1 Å². The van der Waals surface area contributed by atoms with Crippen molar-refractivity contribution in [1.82, 2.24) is 10.2 Å². The van der Waals surface area contributed by atoms with Crippen molar-refractivity contribution in [2.24, 2.45) is 0 Å². The second-order valence-electron chi connectivity index (χ2n) is 4.75. The Morgan fingerprint density at radius 3 is 2.43 bits per heavy atom. The van der Waals surface area contributed by atoms with Gasteiger partial charge in [0.1, 0.15) is 5.01 Å². The average Bonchev–Trinajstić information content (AvgIpc) is 3.19. The first-order valence-electron chi connectivity index (χ1n) is 6.25. The van der Waals surface area contributed by atoms with E-state index in [1.54, 1.807) is 0 Å². The highest BCUT2D eigenvalue weighted by Gasteiger charge is 2.30. The molecule has 1 N–H and O–H groups in total. The third kappa shape index (κ3) is 3.21. The predicted octanol–water partition coefficient (Wildman–Crippen LogP) is 3.69. The number of aromatic nitrogens is 2. The van der Waals surface area contributed by atoms with Crippen LogP contribution in [0.25, 0.3) is 0 Å². The van der Waals surface area contributed by atoms with Crippen LogP contribution in [-0.2, 0) is 6.18 Å². The van der Waals surface area contributed by atoms with Gasteiger partial charge in [-0.05, 0) is 37.1 Å². The molecular formula is C13H10F3N3OS. The van der Waals surface area contributed by atoms with E-state index in [-0.39, 0.29) is 5.56 Å². The van der Waals surface area contributed by atoms with Crippen molar-refractivity contribution in [2.45, 2.75) is 24.9 Å². The van der Waals surface area contributed by atoms with Crippen LogP contribution in [0.1, 0.15) is 39.7 Å². The zero-order chi connectivity index (χ0) is 15.0. The number of hydrogen-bond donors (Lipinski definition) is 1. The van der Waals surface area contributed by atoms with Gasteiger partial charge in [-0.25, -0.2) is 0 Å². The standard InChI is InChI=1S/C13H10F3N3OS/c14-13(15,16)9-5-3-7(4-6-9)10(20)17-12-19-18-11(21-12)8-1-2-8/h3-6,8H,1-2H2,(H,17,19,20). The molecule has 3 rings (SSSR count). The maximum atomic E-state index is 12.4. The highest BCUT2D eigenvalue weighted by molar-refractivity contribution is 7.15.